The summed E-state index contributed by atoms with van der Waals surface area (Å²) in [5.74, 6) is -0.987. The molecule has 1 fully saturated rings. The van der Waals surface area contributed by atoms with Crippen molar-refractivity contribution in [3.63, 3.8) is 0 Å². The summed E-state index contributed by atoms with van der Waals surface area (Å²) in [5, 5.41) is 0. The number of halogens is 1. The smallest absolute Gasteiger partial charge is 0.261 e. The Kier molecular flexibility index (Phi) is 3.84. The number of ether oxygens (including phenoxy) is 1. The quantitative estimate of drug-likeness (QED) is 0.800. The summed E-state index contributed by atoms with van der Waals surface area (Å²) in [6, 6.07) is 6.01. The molecule has 0 bridgehead atoms. The van der Waals surface area contributed by atoms with Crippen LogP contribution in [-0.2, 0) is 14.3 Å². The maximum Gasteiger partial charge on any atom is 0.261 e. The first-order valence-corrected chi connectivity index (χ1v) is 7.07. The predicted octanol–water partition coefficient (Wildman–Crippen LogP) is 2.00. The molecule has 0 N–H and O–H groups in total. The van der Waals surface area contributed by atoms with Gasteiger partial charge in [0.1, 0.15) is 5.82 Å². The maximum absolute atomic E-state index is 13.8. The van der Waals surface area contributed by atoms with Gasteiger partial charge in [0.2, 0.25) is 0 Å². The van der Waals surface area contributed by atoms with Crippen molar-refractivity contribution >= 4 is 17.4 Å². The van der Waals surface area contributed by atoms with Crippen LogP contribution in [0.2, 0.25) is 0 Å². The SMILES string of the molecule is O=C1C=C(c2ccccc2F)C(=O)N1CC1CCOCC1. The minimum absolute atomic E-state index is 0.144. The third kappa shape index (κ3) is 2.74. The highest BCUT2D eigenvalue weighted by molar-refractivity contribution is 6.33. The van der Waals surface area contributed by atoms with Crippen molar-refractivity contribution in [3.05, 3.63) is 41.7 Å². The Balaban J connectivity index is 1.77. The second kappa shape index (κ2) is 5.77. The molecule has 4 nitrogen and oxygen atoms in total. The van der Waals surface area contributed by atoms with Gasteiger partial charge in [0.25, 0.3) is 11.8 Å². The zero-order valence-electron chi connectivity index (χ0n) is 11.5. The summed E-state index contributed by atoms with van der Waals surface area (Å²) in [6.07, 6.45) is 2.91. The molecule has 2 aliphatic rings. The summed E-state index contributed by atoms with van der Waals surface area (Å²) in [4.78, 5) is 25.6. The molecule has 110 valence electrons. The van der Waals surface area contributed by atoms with Crippen LogP contribution in [0.1, 0.15) is 18.4 Å². The molecule has 3 rings (SSSR count). The van der Waals surface area contributed by atoms with E-state index in [4.69, 9.17) is 4.74 Å². The van der Waals surface area contributed by atoms with Crippen LogP contribution in [0.3, 0.4) is 0 Å². The zero-order chi connectivity index (χ0) is 14.8. The number of benzene rings is 1. The second-order valence-electron chi connectivity index (χ2n) is 5.35. The number of nitrogens with zero attached hydrogens (tertiary/aromatic N) is 1. The standard InChI is InChI=1S/C16H16FNO3/c17-14-4-2-1-3-12(14)13-9-15(19)18(16(13)20)10-11-5-7-21-8-6-11/h1-4,9,11H,5-8,10H2. The van der Waals surface area contributed by atoms with Crippen LogP contribution in [0.5, 0.6) is 0 Å². The average Bonchev–Trinajstić information content (AvgIpc) is 2.77. The van der Waals surface area contributed by atoms with E-state index in [1.54, 1.807) is 12.1 Å². The van der Waals surface area contributed by atoms with Crippen molar-refractivity contribution in [2.75, 3.05) is 19.8 Å². The van der Waals surface area contributed by atoms with Gasteiger partial charge in [-0.05, 0) is 24.8 Å². The number of imide groups is 1. The Morgan fingerprint density at radius 2 is 1.90 bits per heavy atom. The van der Waals surface area contributed by atoms with Crippen molar-refractivity contribution in [1.29, 1.82) is 0 Å². The molecule has 0 radical (unpaired) electrons. The van der Waals surface area contributed by atoms with Crippen molar-refractivity contribution in [2.24, 2.45) is 5.92 Å². The number of rotatable bonds is 3. The van der Waals surface area contributed by atoms with Gasteiger partial charge < -0.3 is 4.74 Å². The summed E-state index contributed by atoms with van der Waals surface area (Å²) < 4.78 is 19.1. The van der Waals surface area contributed by atoms with E-state index in [1.165, 1.54) is 23.1 Å². The molecule has 21 heavy (non-hydrogen) atoms. The molecule has 0 aliphatic carbocycles. The van der Waals surface area contributed by atoms with E-state index in [2.05, 4.69) is 0 Å². The second-order valence-corrected chi connectivity index (χ2v) is 5.35. The highest BCUT2D eigenvalue weighted by Crippen LogP contribution is 2.27. The van der Waals surface area contributed by atoms with Crippen LogP contribution in [-0.4, -0.2) is 36.5 Å². The van der Waals surface area contributed by atoms with Gasteiger partial charge >= 0.3 is 0 Å². The van der Waals surface area contributed by atoms with E-state index >= 15 is 0 Å². The Morgan fingerprint density at radius 3 is 2.62 bits per heavy atom. The fourth-order valence-electron chi connectivity index (χ4n) is 2.74. The number of hydrogen-bond donors (Lipinski definition) is 0. The van der Waals surface area contributed by atoms with Gasteiger partial charge in [0.15, 0.2) is 0 Å². The fourth-order valence-corrected chi connectivity index (χ4v) is 2.74. The summed E-state index contributed by atoms with van der Waals surface area (Å²) >= 11 is 0. The van der Waals surface area contributed by atoms with Gasteiger partial charge in [0.05, 0.1) is 5.57 Å². The third-order valence-electron chi connectivity index (χ3n) is 3.96. The molecule has 2 amide bonds. The highest BCUT2D eigenvalue weighted by atomic mass is 19.1. The van der Waals surface area contributed by atoms with Gasteiger partial charge in [-0.1, -0.05) is 18.2 Å². The molecule has 1 saturated heterocycles. The van der Waals surface area contributed by atoms with Crippen LogP contribution in [0.15, 0.2) is 30.3 Å². The molecule has 5 heteroatoms. The van der Waals surface area contributed by atoms with Crippen LogP contribution >= 0.6 is 0 Å². The van der Waals surface area contributed by atoms with Crippen molar-refractivity contribution in [1.82, 2.24) is 4.90 Å². The number of carbonyl (C=O) groups excluding carboxylic acids is 2. The van der Waals surface area contributed by atoms with Crippen LogP contribution in [0, 0.1) is 11.7 Å². The average molecular weight is 289 g/mol. The molecule has 2 heterocycles. The molecule has 0 spiro atoms. The van der Waals surface area contributed by atoms with Crippen LogP contribution < -0.4 is 0 Å². The van der Waals surface area contributed by atoms with Gasteiger partial charge in [-0.3, -0.25) is 14.5 Å². The molecule has 1 aromatic rings. The summed E-state index contributed by atoms with van der Waals surface area (Å²) in [5.41, 5.74) is 0.329. The lowest BCUT2D eigenvalue weighted by Crippen LogP contribution is -2.37. The number of amides is 2. The van der Waals surface area contributed by atoms with E-state index in [0.717, 1.165) is 12.8 Å². The first-order chi connectivity index (χ1) is 10.2. The van der Waals surface area contributed by atoms with Crippen LogP contribution in [0.4, 0.5) is 4.39 Å². The molecule has 1 aromatic carbocycles. The molecular weight excluding hydrogens is 273 g/mol. The van der Waals surface area contributed by atoms with E-state index in [1.807, 2.05) is 0 Å². The van der Waals surface area contributed by atoms with Crippen molar-refractivity contribution in [3.8, 4) is 0 Å². The van der Waals surface area contributed by atoms with E-state index in [9.17, 15) is 14.0 Å². The largest absolute Gasteiger partial charge is 0.381 e. The van der Waals surface area contributed by atoms with Gasteiger partial charge in [-0.2, -0.15) is 0 Å². The van der Waals surface area contributed by atoms with Crippen molar-refractivity contribution < 1.29 is 18.7 Å². The Bertz CT molecular complexity index is 605. The summed E-state index contributed by atoms with van der Waals surface area (Å²) in [6.45, 7) is 1.71. The first kappa shape index (κ1) is 13.9. The molecule has 0 aromatic heterocycles. The topological polar surface area (TPSA) is 46.6 Å². The Morgan fingerprint density at radius 1 is 1.19 bits per heavy atom. The van der Waals surface area contributed by atoms with Gasteiger partial charge in [0, 0.05) is 31.4 Å². The Labute approximate surface area is 122 Å². The van der Waals surface area contributed by atoms with E-state index in [0.29, 0.717) is 19.8 Å². The first-order valence-electron chi connectivity index (χ1n) is 7.07. The molecule has 2 aliphatic heterocycles. The lowest BCUT2D eigenvalue weighted by Gasteiger charge is -2.26. The highest BCUT2D eigenvalue weighted by Gasteiger charge is 2.34. The van der Waals surface area contributed by atoms with E-state index in [-0.39, 0.29) is 23.0 Å². The van der Waals surface area contributed by atoms with Crippen LogP contribution in [0.25, 0.3) is 5.57 Å². The predicted molar refractivity (Wildman–Crippen MR) is 74.6 cm³/mol. The lowest BCUT2D eigenvalue weighted by atomic mass is 9.99. The molecule has 0 unspecified atom stereocenters. The monoisotopic (exact) mass is 289 g/mol. The van der Waals surface area contributed by atoms with Gasteiger partial charge in [-0.15, -0.1) is 0 Å². The maximum atomic E-state index is 13.8. The van der Waals surface area contributed by atoms with Gasteiger partial charge in [-0.25, -0.2) is 4.39 Å². The molecule has 0 saturated carbocycles. The molecular formula is C16H16FNO3. The zero-order valence-corrected chi connectivity index (χ0v) is 11.5. The normalized spacial score (nSPS) is 20.0. The number of carbonyl (C=O) groups is 2. The Hall–Kier alpha value is -2.01. The van der Waals surface area contributed by atoms with E-state index < -0.39 is 11.7 Å². The third-order valence-corrected chi connectivity index (χ3v) is 3.96. The minimum atomic E-state index is -0.488. The summed E-state index contributed by atoms with van der Waals surface area (Å²) in [7, 11) is 0. The number of hydrogen-bond acceptors (Lipinski definition) is 3. The van der Waals surface area contributed by atoms with Crippen molar-refractivity contribution in [2.45, 2.75) is 12.8 Å². The lowest BCUT2D eigenvalue weighted by molar-refractivity contribution is -0.137. The molecule has 0 atom stereocenters. The fraction of sp³-hybridized carbons (Fsp3) is 0.375. The minimum Gasteiger partial charge on any atom is -0.381 e.